The Kier molecular flexibility index (Phi) is 6.22. The van der Waals surface area contributed by atoms with Gasteiger partial charge in [0.15, 0.2) is 0 Å². The standard InChI is InChI=1S/C48H30N2O2/c1-6-16-42(50-43-17-7-2-12-36(43)37-13-3-8-18-44(37)50)35(11-1)31-21-23-32(24-22-31)49(33-26-28-47-41(29-33)39-15-5-10-20-46(39)51-47)34-25-27-40-38-14-4-9-19-45(38)52-48(40)30-34/h1-30H. The fraction of sp³-hybridized carbons (Fsp3) is 0. The summed E-state index contributed by atoms with van der Waals surface area (Å²) in [6.45, 7) is 0. The van der Waals surface area contributed by atoms with Crippen LogP contribution in [0.5, 0.6) is 0 Å². The summed E-state index contributed by atoms with van der Waals surface area (Å²) in [6.07, 6.45) is 0. The minimum Gasteiger partial charge on any atom is -0.456 e. The molecule has 0 fully saturated rings. The lowest BCUT2D eigenvalue weighted by molar-refractivity contribution is 0.668. The van der Waals surface area contributed by atoms with E-state index in [4.69, 9.17) is 8.83 Å². The Hall–Kier alpha value is -7.04. The van der Waals surface area contributed by atoms with Crippen LogP contribution in [0.25, 0.3) is 82.5 Å². The van der Waals surface area contributed by atoms with E-state index in [0.717, 1.165) is 72.2 Å². The normalized spacial score (nSPS) is 11.8. The number of para-hydroxylation sites is 5. The predicted molar refractivity (Wildman–Crippen MR) is 215 cm³/mol. The monoisotopic (exact) mass is 666 g/mol. The molecule has 0 N–H and O–H groups in total. The van der Waals surface area contributed by atoms with Crippen molar-refractivity contribution in [3.63, 3.8) is 0 Å². The predicted octanol–water partition coefficient (Wildman–Crippen LogP) is 13.7. The van der Waals surface area contributed by atoms with Gasteiger partial charge in [-0.2, -0.15) is 0 Å². The number of nitrogens with zero attached hydrogens (tertiary/aromatic N) is 2. The third-order valence-corrected chi connectivity index (χ3v) is 10.4. The summed E-state index contributed by atoms with van der Waals surface area (Å²) < 4.78 is 15.0. The first-order chi connectivity index (χ1) is 25.8. The molecular formula is C48H30N2O2. The van der Waals surface area contributed by atoms with E-state index in [9.17, 15) is 0 Å². The first-order valence-corrected chi connectivity index (χ1v) is 17.6. The van der Waals surface area contributed by atoms with Crippen LogP contribution in [0.2, 0.25) is 0 Å². The van der Waals surface area contributed by atoms with Crippen LogP contribution in [0, 0.1) is 0 Å². The van der Waals surface area contributed by atoms with Gasteiger partial charge in [0.2, 0.25) is 0 Å². The number of fused-ring (bicyclic) bond motifs is 9. The number of anilines is 3. The largest absolute Gasteiger partial charge is 0.456 e. The summed E-state index contributed by atoms with van der Waals surface area (Å²) in [7, 11) is 0. The van der Waals surface area contributed by atoms with Crippen molar-refractivity contribution in [1.29, 1.82) is 0 Å². The summed E-state index contributed by atoms with van der Waals surface area (Å²) in [5.41, 5.74) is 12.4. The second-order valence-electron chi connectivity index (χ2n) is 13.3. The van der Waals surface area contributed by atoms with Crippen molar-refractivity contribution in [2.45, 2.75) is 0 Å². The van der Waals surface area contributed by atoms with Crippen LogP contribution in [-0.4, -0.2) is 4.57 Å². The molecule has 0 aliphatic heterocycles. The molecule has 0 aliphatic carbocycles. The topological polar surface area (TPSA) is 34.5 Å². The Morgan fingerprint density at radius 1 is 0.346 bits per heavy atom. The van der Waals surface area contributed by atoms with Gasteiger partial charge in [0.1, 0.15) is 22.3 Å². The smallest absolute Gasteiger partial charge is 0.137 e. The molecule has 3 heterocycles. The van der Waals surface area contributed by atoms with Gasteiger partial charge >= 0.3 is 0 Å². The summed E-state index contributed by atoms with van der Waals surface area (Å²) in [5, 5.41) is 6.91. The van der Waals surface area contributed by atoms with Crippen molar-refractivity contribution in [3.05, 3.63) is 182 Å². The minimum absolute atomic E-state index is 0.857. The molecule has 4 heteroatoms. The van der Waals surface area contributed by atoms with Crippen LogP contribution in [0.1, 0.15) is 0 Å². The number of benzene rings is 8. The first-order valence-electron chi connectivity index (χ1n) is 17.6. The molecule has 0 amide bonds. The molecule has 52 heavy (non-hydrogen) atoms. The highest BCUT2D eigenvalue weighted by molar-refractivity contribution is 6.10. The highest BCUT2D eigenvalue weighted by Crippen LogP contribution is 2.42. The van der Waals surface area contributed by atoms with Crippen LogP contribution >= 0.6 is 0 Å². The maximum atomic E-state index is 6.37. The van der Waals surface area contributed by atoms with Gasteiger partial charge in [-0.15, -0.1) is 0 Å². The van der Waals surface area contributed by atoms with Gasteiger partial charge in [0.25, 0.3) is 0 Å². The number of furan rings is 2. The molecule has 0 unspecified atom stereocenters. The Balaban J connectivity index is 1.08. The molecule has 11 aromatic rings. The third kappa shape index (κ3) is 4.34. The van der Waals surface area contributed by atoms with Crippen molar-refractivity contribution in [2.24, 2.45) is 0 Å². The van der Waals surface area contributed by atoms with Crippen molar-refractivity contribution >= 4 is 82.7 Å². The Morgan fingerprint density at radius 3 is 1.58 bits per heavy atom. The van der Waals surface area contributed by atoms with Crippen molar-refractivity contribution in [3.8, 4) is 16.8 Å². The van der Waals surface area contributed by atoms with Gasteiger partial charge in [-0.25, -0.2) is 0 Å². The maximum absolute atomic E-state index is 6.37. The lowest BCUT2D eigenvalue weighted by Gasteiger charge is -2.26. The van der Waals surface area contributed by atoms with E-state index >= 15 is 0 Å². The Labute approximate surface area is 299 Å². The van der Waals surface area contributed by atoms with Gasteiger partial charge < -0.3 is 18.3 Å². The van der Waals surface area contributed by atoms with Crippen molar-refractivity contribution in [2.75, 3.05) is 4.90 Å². The van der Waals surface area contributed by atoms with Crippen LogP contribution in [0.3, 0.4) is 0 Å². The van der Waals surface area contributed by atoms with E-state index in [2.05, 4.69) is 167 Å². The van der Waals surface area contributed by atoms with E-state index < -0.39 is 0 Å². The number of hydrogen-bond acceptors (Lipinski definition) is 3. The Morgan fingerprint density at radius 2 is 0.846 bits per heavy atom. The average molecular weight is 667 g/mol. The SMILES string of the molecule is c1ccc(-n2c3ccccc3c3ccccc32)c(-c2ccc(N(c3ccc4c(c3)oc3ccccc34)c3ccc4oc5ccccc5c4c3)cc2)c1. The van der Waals surface area contributed by atoms with Gasteiger partial charge in [-0.3, -0.25) is 0 Å². The fourth-order valence-corrected chi connectivity index (χ4v) is 8.04. The summed E-state index contributed by atoms with van der Waals surface area (Å²) in [5.74, 6) is 0. The molecule has 8 aromatic carbocycles. The molecule has 3 aromatic heterocycles. The molecule has 244 valence electrons. The molecule has 4 nitrogen and oxygen atoms in total. The van der Waals surface area contributed by atoms with E-state index in [-0.39, 0.29) is 0 Å². The second kappa shape index (κ2) is 11.2. The Bertz CT molecular complexity index is 3090. The lowest BCUT2D eigenvalue weighted by atomic mass is 10.0. The lowest BCUT2D eigenvalue weighted by Crippen LogP contribution is -2.09. The molecule has 0 spiro atoms. The van der Waals surface area contributed by atoms with Crippen molar-refractivity contribution < 1.29 is 8.83 Å². The van der Waals surface area contributed by atoms with Gasteiger partial charge in [-0.05, 0) is 78.4 Å². The van der Waals surface area contributed by atoms with E-state index in [1.54, 1.807) is 0 Å². The van der Waals surface area contributed by atoms with Crippen LogP contribution in [0.15, 0.2) is 191 Å². The zero-order valence-corrected chi connectivity index (χ0v) is 28.0. The molecule has 11 rings (SSSR count). The molecule has 0 aliphatic rings. The van der Waals surface area contributed by atoms with E-state index in [0.29, 0.717) is 0 Å². The van der Waals surface area contributed by atoms with Crippen LogP contribution in [-0.2, 0) is 0 Å². The maximum Gasteiger partial charge on any atom is 0.137 e. The van der Waals surface area contributed by atoms with Gasteiger partial charge in [0.05, 0.1) is 16.7 Å². The van der Waals surface area contributed by atoms with Crippen molar-refractivity contribution in [1.82, 2.24) is 4.57 Å². The minimum atomic E-state index is 0.857. The van der Waals surface area contributed by atoms with Gasteiger partial charge in [-0.1, -0.05) is 103 Å². The third-order valence-electron chi connectivity index (χ3n) is 10.4. The number of rotatable bonds is 5. The molecule has 0 saturated carbocycles. The zero-order valence-electron chi connectivity index (χ0n) is 28.0. The molecule has 0 atom stereocenters. The first kappa shape index (κ1) is 28.8. The quantitative estimate of drug-likeness (QED) is 0.183. The molecular weight excluding hydrogens is 637 g/mol. The molecule has 0 radical (unpaired) electrons. The van der Waals surface area contributed by atoms with Crippen LogP contribution < -0.4 is 4.90 Å². The van der Waals surface area contributed by atoms with Crippen LogP contribution in [0.4, 0.5) is 17.1 Å². The zero-order chi connectivity index (χ0) is 34.2. The average Bonchev–Trinajstić information content (AvgIpc) is 3.87. The second-order valence-corrected chi connectivity index (χ2v) is 13.3. The summed E-state index contributed by atoms with van der Waals surface area (Å²) in [6, 6.07) is 64.4. The molecule has 0 bridgehead atoms. The fourth-order valence-electron chi connectivity index (χ4n) is 8.04. The number of hydrogen-bond donors (Lipinski definition) is 0. The summed E-state index contributed by atoms with van der Waals surface area (Å²) in [4.78, 5) is 2.30. The summed E-state index contributed by atoms with van der Waals surface area (Å²) >= 11 is 0. The van der Waals surface area contributed by atoms with E-state index in [1.165, 1.54) is 27.4 Å². The van der Waals surface area contributed by atoms with E-state index in [1.807, 2.05) is 24.3 Å². The highest BCUT2D eigenvalue weighted by Gasteiger charge is 2.19. The molecule has 0 saturated heterocycles. The van der Waals surface area contributed by atoms with Gasteiger partial charge in [0, 0.05) is 61.0 Å². The highest BCUT2D eigenvalue weighted by atomic mass is 16.3. The number of aromatic nitrogens is 1.